The summed E-state index contributed by atoms with van der Waals surface area (Å²) in [6, 6.07) is -0.000139. The second-order valence-electron chi connectivity index (χ2n) is 2.89. The molecule has 11 heavy (non-hydrogen) atoms. The van der Waals surface area contributed by atoms with E-state index in [4.69, 9.17) is 15.6 Å². The molecule has 4 heteroatoms. The van der Waals surface area contributed by atoms with Crippen molar-refractivity contribution < 1.29 is 14.6 Å². The molecule has 0 spiro atoms. The average Bonchev–Trinajstić information content (AvgIpc) is 1.93. The topological polar surface area (TPSA) is 72.5 Å². The van der Waals surface area contributed by atoms with Gasteiger partial charge in [-0.2, -0.15) is 0 Å². The van der Waals surface area contributed by atoms with Gasteiger partial charge in [0, 0.05) is 18.6 Å². The molecule has 0 saturated carbocycles. The van der Waals surface area contributed by atoms with Crippen molar-refractivity contribution in [1.82, 2.24) is 0 Å². The molecule has 64 valence electrons. The van der Waals surface area contributed by atoms with Gasteiger partial charge in [0.05, 0.1) is 13.0 Å². The van der Waals surface area contributed by atoms with Crippen LogP contribution in [-0.4, -0.2) is 30.3 Å². The van der Waals surface area contributed by atoms with Crippen LogP contribution in [0.4, 0.5) is 0 Å². The van der Waals surface area contributed by atoms with Crippen LogP contribution in [0.2, 0.25) is 0 Å². The molecule has 1 saturated heterocycles. The lowest BCUT2D eigenvalue weighted by molar-refractivity contribution is -0.139. The minimum absolute atomic E-state index is 0.000139. The third kappa shape index (κ3) is 2.48. The number of carboxylic acid groups (broad SMARTS) is 1. The lowest BCUT2D eigenvalue weighted by Gasteiger charge is -2.27. The van der Waals surface area contributed by atoms with Crippen molar-refractivity contribution >= 4 is 5.97 Å². The van der Waals surface area contributed by atoms with Crippen molar-refractivity contribution in [3.63, 3.8) is 0 Å². The van der Waals surface area contributed by atoms with Crippen molar-refractivity contribution in [2.24, 2.45) is 11.7 Å². The Labute approximate surface area is 65.3 Å². The third-order valence-corrected chi connectivity index (χ3v) is 1.97. The molecule has 0 radical (unpaired) electrons. The minimum Gasteiger partial charge on any atom is -0.481 e. The SMILES string of the molecule is NC1CCOCC1CC(=O)O. The fourth-order valence-electron chi connectivity index (χ4n) is 1.25. The zero-order chi connectivity index (χ0) is 8.27. The molecule has 2 unspecified atom stereocenters. The monoisotopic (exact) mass is 159 g/mol. The summed E-state index contributed by atoms with van der Waals surface area (Å²) < 4.78 is 5.11. The van der Waals surface area contributed by atoms with E-state index in [1.165, 1.54) is 0 Å². The molecule has 1 aliphatic rings. The zero-order valence-electron chi connectivity index (χ0n) is 6.32. The van der Waals surface area contributed by atoms with Crippen LogP contribution < -0.4 is 5.73 Å². The van der Waals surface area contributed by atoms with Gasteiger partial charge in [-0.1, -0.05) is 0 Å². The first-order chi connectivity index (χ1) is 5.20. The number of ether oxygens (including phenoxy) is 1. The molecule has 3 N–H and O–H groups in total. The Hall–Kier alpha value is -0.610. The smallest absolute Gasteiger partial charge is 0.303 e. The number of hydrogen-bond acceptors (Lipinski definition) is 3. The molecular weight excluding hydrogens is 146 g/mol. The summed E-state index contributed by atoms with van der Waals surface area (Å²) in [4.78, 5) is 10.3. The molecule has 1 heterocycles. The Morgan fingerprint density at radius 2 is 2.45 bits per heavy atom. The van der Waals surface area contributed by atoms with Crippen molar-refractivity contribution in [2.75, 3.05) is 13.2 Å². The van der Waals surface area contributed by atoms with E-state index < -0.39 is 5.97 Å². The van der Waals surface area contributed by atoms with E-state index in [9.17, 15) is 4.79 Å². The van der Waals surface area contributed by atoms with Crippen molar-refractivity contribution in [1.29, 1.82) is 0 Å². The van der Waals surface area contributed by atoms with E-state index >= 15 is 0 Å². The van der Waals surface area contributed by atoms with Crippen LogP contribution in [0.5, 0.6) is 0 Å². The predicted molar refractivity (Wildman–Crippen MR) is 39.2 cm³/mol. The highest BCUT2D eigenvalue weighted by Crippen LogP contribution is 2.15. The summed E-state index contributed by atoms with van der Waals surface area (Å²) in [5, 5.41) is 8.47. The Bertz CT molecular complexity index is 149. The van der Waals surface area contributed by atoms with Crippen molar-refractivity contribution in [3.05, 3.63) is 0 Å². The molecule has 0 bridgehead atoms. The molecule has 2 atom stereocenters. The highest BCUT2D eigenvalue weighted by molar-refractivity contribution is 5.67. The Morgan fingerprint density at radius 3 is 3.00 bits per heavy atom. The van der Waals surface area contributed by atoms with Crippen LogP contribution in [0.15, 0.2) is 0 Å². The van der Waals surface area contributed by atoms with E-state index in [0.29, 0.717) is 13.2 Å². The molecule has 0 aliphatic carbocycles. The Balaban J connectivity index is 2.35. The molecule has 1 aliphatic heterocycles. The maximum Gasteiger partial charge on any atom is 0.303 e. The maximum atomic E-state index is 10.3. The summed E-state index contributed by atoms with van der Waals surface area (Å²) in [5.74, 6) is -0.794. The molecule has 4 nitrogen and oxygen atoms in total. The first-order valence-corrected chi connectivity index (χ1v) is 3.75. The minimum atomic E-state index is -0.795. The van der Waals surface area contributed by atoms with Crippen LogP contribution in [0.25, 0.3) is 0 Å². The molecular formula is C7H13NO3. The summed E-state index contributed by atoms with van der Waals surface area (Å²) in [7, 11) is 0. The van der Waals surface area contributed by atoms with Gasteiger partial charge in [-0.15, -0.1) is 0 Å². The van der Waals surface area contributed by atoms with Gasteiger partial charge in [-0.25, -0.2) is 0 Å². The van der Waals surface area contributed by atoms with Gasteiger partial charge in [-0.05, 0) is 6.42 Å². The van der Waals surface area contributed by atoms with Crippen LogP contribution in [0.1, 0.15) is 12.8 Å². The number of nitrogens with two attached hydrogens (primary N) is 1. The second-order valence-corrected chi connectivity index (χ2v) is 2.89. The average molecular weight is 159 g/mol. The first kappa shape index (κ1) is 8.49. The summed E-state index contributed by atoms with van der Waals surface area (Å²) in [6.45, 7) is 1.16. The fraction of sp³-hybridized carbons (Fsp3) is 0.857. The molecule has 0 aromatic carbocycles. The lowest BCUT2D eigenvalue weighted by atomic mass is 9.94. The quantitative estimate of drug-likeness (QED) is 0.586. The highest BCUT2D eigenvalue weighted by atomic mass is 16.5. The molecule has 0 aromatic rings. The summed E-state index contributed by atoms with van der Waals surface area (Å²) >= 11 is 0. The molecule has 1 fully saturated rings. The van der Waals surface area contributed by atoms with Gasteiger partial charge >= 0.3 is 5.97 Å². The number of carbonyl (C=O) groups is 1. The number of hydrogen-bond donors (Lipinski definition) is 2. The van der Waals surface area contributed by atoms with Crippen LogP contribution in [0.3, 0.4) is 0 Å². The third-order valence-electron chi connectivity index (χ3n) is 1.97. The van der Waals surface area contributed by atoms with Gasteiger partial charge in [0.1, 0.15) is 0 Å². The standard InChI is InChI=1S/C7H13NO3/c8-6-1-2-11-4-5(6)3-7(9)10/h5-6H,1-4,8H2,(H,9,10). The van der Waals surface area contributed by atoms with Gasteiger partial charge in [0.25, 0.3) is 0 Å². The van der Waals surface area contributed by atoms with Crippen molar-refractivity contribution in [2.45, 2.75) is 18.9 Å². The van der Waals surface area contributed by atoms with Crippen LogP contribution in [-0.2, 0) is 9.53 Å². The lowest BCUT2D eigenvalue weighted by Crippen LogP contribution is -2.39. The molecule has 1 rings (SSSR count). The zero-order valence-corrected chi connectivity index (χ0v) is 6.32. The van der Waals surface area contributed by atoms with E-state index in [-0.39, 0.29) is 18.4 Å². The summed E-state index contributed by atoms with van der Waals surface area (Å²) in [5.41, 5.74) is 5.68. The van der Waals surface area contributed by atoms with Crippen molar-refractivity contribution in [3.8, 4) is 0 Å². The van der Waals surface area contributed by atoms with Gasteiger partial charge in [0.15, 0.2) is 0 Å². The molecule has 0 amide bonds. The summed E-state index contributed by atoms with van der Waals surface area (Å²) in [6.07, 6.45) is 0.902. The highest BCUT2D eigenvalue weighted by Gasteiger charge is 2.24. The van der Waals surface area contributed by atoms with E-state index in [2.05, 4.69) is 0 Å². The number of carboxylic acids is 1. The predicted octanol–water partition coefficient (Wildman–Crippen LogP) is -0.175. The van der Waals surface area contributed by atoms with Gasteiger partial charge in [0.2, 0.25) is 0 Å². The molecule has 0 aromatic heterocycles. The largest absolute Gasteiger partial charge is 0.481 e. The van der Waals surface area contributed by atoms with E-state index in [1.807, 2.05) is 0 Å². The Kier molecular flexibility index (Phi) is 2.84. The van der Waals surface area contributed by atoms with E-state index in [0.717, 1.165) is 6.42 Å². The van der Waals surface area contributed by atoms with Crippen LogP contribution in [0, 0.1) is 5.92 Å². The number of rotatable bonds is 2. The van der Waals surface area contributed by atoms with Gasteiger partial charge in [-0.3, -0.25) is 4.79 Å². The van der Waals surface area contributed by atoms with Gasteiger partial charge < -0.3 is 15.6 Å². The Morgan fingerprint density at radius 1 is 1.73 bits per heavy atom. The fourth-order valence-corrected chi connectivity index (χ4v) is 1.25. The maximum absolute atomic E-state index is 10.3. The normalized spacial score (nSPS) is 31.7. The first-order valence-electron chi connectivity index (χ1n) is 3.75. The van der Waals surface area contributed by atoms with Crippen LogP contribution >= 0.6 is 0 Å². The number of aliphatic carboxylic acids is 1. The van der Waals surface area contributed by atoms with E-state index in [1.54, 1.807) is 0 Å². The second kappa shape index (κ2) is 3.69.